The van der Waals surface area contributed by atoms with Crippen molar-refractivity contribution >= 4 is 129 Å². The molecule has 0 atom stereocenters. The van der Waals surface area contributed by atoms with Crippen LogP contribution in [0.4, 0.5) is 0 Å². The van der Waals surface area contributed by atoms with Crippen molar-refractivity contribution in [2.24, 2.45) is 0 Å². The second-order valence-electron chi connectivity index (χ2n) is 17.9. The van der Waals surface area contributed by atoms with Crippen LogP contribution >= 0.6 is 0 Å². The van der Waals surface area contributed by atoms with Crippen LogP contribution < -0.4 is 0 Å². The molecule has 0 heterocycles. The SMILES string of the molecule is c1cc2cc3c4c5c(c6c7c8c(c9c%10c%11c(cc%12cccc%13cc%14c(c%15c(c%16c(c%17c(c%18c(c%19c(cc(c1)c2c4%19)C%18)c5c7%17)C%16)c8c%10%15)C%14)c%11c%12%13)C9)C6)C3. The van der Waals surface area contributed by atoms with E-state index in [0.717, 1.165) is 38.5 Å². The molecule has 13 aromatic rings. The summed E-state index contributed by atoms with van der Waals surface area (Å²) in [6.45, 7) is 0. The molecule has 230 valence electrons. The minimum atomic E-state index is 1.08. The van der Waals surface area contributed by atoms with Crippen LogP contribution in [0.3, 0.4) is 0 Å². The van der Waals surface area contributed by atoms with E-state index in [1.807, 2.05) is 0 Å². The monoisotopic (exact) mass is 646 g/mol. The predicted octanol–water partition coefficient (Wildman–Crippen LogP) is 12.7. The van der Waals surface area contributed by atoms with Gasteiger partial charge in [0.05, 0.1) is 0 Å². The average Bonchev–Trinajstić information content (AvgIpc) is 4.00. The Bertz CT molecular complexity index is 3700. The normalized spacial score (nSPS) is 16.8. The van der Waals surface area contributed by atoms with Gasteiger partial charge in [-0.25, -0.2) is 0 Å². The molecular weight excluding hydrogens is 625 g/mol. The molecule has 13 aromatic carbocycles. The van der Waals surface area contributed by atoms with Gasteiger partial charge in [0.2, 0.25) is 0 Å². The molecule has 0 N–H and O–H groups in total. The van der Waals surface area contributed by atoms with Crippen molar-refractivity contribution in [3.63, 3.8) is 0 Å². The maximum atomic E-state index is 2.59. The van der Waals surface area contributed by atoms with Gasteiger partial charge in [-0.3, -0.25) is 0 Å². The van der Waals surface area contributed by atoms with E-state index in [1.54, 1.807) is 164 Å². The molecule has 0 amide bonds. The Morgan fingerprint density at radius 2 is 0.442 bits per heavy atom. The smallest absolute Gasteiger partial charge is 0.000683 e. The molecule has 0 saturated heterocycles. The molecule has 6 aliphatic carbocycles. The van der Waals surface area contributed by atoms with Crippen molar-refractivity contribution in [2.45, 2.75) is 38.5 Å². The highest BCUT2D eigenvalue weighted by molar-refractivity contribution is 6.53. The minimum absolute atomic E-state index is 1.08. The fraction of sp³-hybridized carbons (Fsp3) is 0.115. The van der Waals surface area contributed by atoms with Crippen LogP contribution in [0.5, 0.6) is 0 Å². The Kier molecular flexibility index (Phi) is 2.74. The van der Waals surface area contributed by atoms with Crippen molar-refractivity contribution in [2.75, 3.05) is 0 Å². The van der Waals surface area contributed by atoms with Crippen LogP contribution in [-0.4, -0.2) is 0 Å². The van der Waals surface area contributed by atoms with Gasteiger partial charge in [0.1, 0.15) is 0 Å². The highest BCUT2D eigenvalue weighted by atomic mass is 14.5. The first-order valence-electron chi connectivity index (χ1n) is 19.5. The van der Waals surface area contributed by atoms with Crippen molar-refractivity contribution in [3.8, 4) is 0 Å². The van der Waals surface area contributed by atoms with Gasteiger partial charge in [0.25, 0.3) is 0 Å². The summed E-state index contributed by atoms with van der Waals surface area (Å²) in [4.78, 5) is 0. The number of rotatable bonds is 0. The highest BCUT2D eigenvalue weighted by Gasteiger charge is 2.43. The lowest BCUT2D eigenvalue weighted by atomic mass is 9.80. The third-order valence-corrected chi connectivity index (χ3v) is 16.4. The molecule has 0 radical (unpaired) electrons. The van der Waals surface area contributed by atoms with Crippen molar-refractivity contribution in [3.05, 3.63) is 127 Å². The van der Waals surface area contributed by atoms with Gasteiger partial charge in [-0.05, 0) is 235 Å². The van der Waals surface area contributed by atoms with Crippen LogP contribution in [0.15, 0.2) is 60.7 Å². The van der Waals surface area contributed by atoms with Crippen LogP contribution in [-0.2, 0) is 38.5 Å². The van der Waals surface area contributed by atoms with Gasteiger partial charge < -0.3 is 0 Å². The number of fused-ring (bicyclic) bond motifs is 4. The Balaban J connectivity index is 1.16. The van der Waals surface area contributed by atoms with Gasteiger partial charge in [-0.15, -0.1) is 0 Å². The largest absolute Gasteiger partial charge is 0.0610 e. The van der Waals surface area contributed by atoms with Crippen LogP contribution in [0.25, 0.3) is 129 Å². The van der Waals surface area contributed by atoms with E-state index < -0.39 is 0 Å². The molecule has 0 heteroatoms. The molecule has 0 bridgehead atoms. The van der Waals surface area contributed by atoms with Crippen molar-refractivity contribution < 1.29 is 0 Å². The topological polar surface area (TPSA) is 0 Å². The summed E-state index contributed by atoms with van der Waals surface area (Å²) in [5, 5.41) is 38.2. The molecular formula is C52H22. The molecule has 0 aliphatic heterocycles. The molecule has 0 spiro atoms. The van der Waals surface area contributed by atoms with E-state index in [0.29, 0.717) is 0 Å². The van der Waals surface area contributed by atoms with Gasteiger partial charge in [-0.2, -0.15) is 0 Å². The quantitative estimate of drug-likeness (QED) is 0.114. The second kappa shape index (κ2) is 6.26. The first-order valence-corrected chi connectivity index (χ1v) is 19.5. The summed E-state index contributed by atoms with van der Waals surface area (Å²) in [7, 11) is 0. The summed E-state index contributed by atoms with van der Waals surface area (Å²) in [5.74, 6) is 0. The van der Waals surface area contributed by atoms with E-state index in [4.69, 9.17) is 0 Å². The maximum absolute atomic E-state index is 2.59. The Hall–Kier alpha value is -5.98. The minimum Gasteiger partial charge on any atom is -0.0610 e. The molecule has 0 fully saturated rings. The fourth-order valence-electron chi connectivity index (χ4n) is 15.2. The third-order valence-electron chi connectivity index (χ3n) is 16.4. The molecule has 19 rings (SSSR count). The first-order chi connectivity index (χ1) is 25.8. The molecule has 0 saturated carbocycles. The van der Waals surface area contributed by atoms with Crippen LogP contribution in [0.2, 0.25) is 0 Å². The zero-order chi connectivity index (χ0) is 32.1. The first kappa shape index (κ1) is 22.8. The van der Waals surface area contributed by atoms with E-state index in [-0.39, 0.29) is 0 Å². The Morgan fingerprint density at radius 3 is 0.731 bits per heavy atom. The zero-order valence-electron chi connectivity index (χ0n) is 28.0. The lowest BCUT2D eigenvalue weighted by Gasteiger charge is -2.22. The molecule has 0 aromatic heterocycles. The zero-order valence-corrected chi connectivity index (χ0v) is 28.0. The number of benzene rings is 13. The van der Waals surface area contributed by atoms with Gasteiger partial charge in [0.15, 0.2) is 0 Å². The molecule has 0 unspecified atom stereocenters. The highest BCUT2D eigenvalue weighted by Crippen LogP contribution is 2.66. The Labute approximate surface area is 294 Å². The number of hydrogen-bond acceptors (Lipinski definition) is 0. The van der Waals surface area contributed by atoms with Gasteiger partial charge >= 0.3 is 0 Å². The maximum Gasteiger partial charge on any atom is -0.000683 e. The van der Waals surface area contributed by atoms with E-state index in [1.165, 1.54) is 32.3 Å². The van der Waals surface area contributed by atoms with Gasteiger partial charge in [-0.1, -0.05) is 60.7 Å². The van der Waals surface area contributed by atoms with Crippen LogP contribution in [0, 0.1) is 0 Å². The summed E-state index contributed by atoms with van der Waals surface area (Å²) < 4.78 is 0. The fourth-order valence-corrected chi connectivity index (χ4v) is 15.2. The average molecular weight is 647 g/mol. The van der Waals surface area contributed by atoms with E-state index in [9.17, 15) is 0 Å². The predicted molar refractivity (Wildman–Crippen MR) is 218 cm³/mol. The van der Waals surface area contributed by atoms with E-state index in [2.05, 4.69) is 60.7 Å². The third kappa shape index (κ3) is 1.78. The lowest BCUT2D eigenvalue weighted by molar-refractivity contribution is 1.13. The molecule has 0 nitrogen and oxygen atoms in total. The van der Waals surface area contributed by atoms with Crippen molar-refractivity contribution in [1.82, 2.24) is 0 Å². The summed E-state index contributed by atoms with van der Waals surface area (Å²) in [6, 6.07) is 24.5. The van der Waals surface area contributed by atoms with Crippen molar-refractivity contribution in [1.29, 1.82) is 0 Å². The van der Waals surface area contributed by atoms with E-state index >= 15 is 0 Å². The number of hydrogen-bond donors (Lipinski definition) is 0. The molecule has 52 heavy (non-hydrogen) atoms. The Morgan fingerprint density at radius 1 is 0.212 bits per heavy atom. The summed E-state index contributed by atoms with van der Waals surface area (Å²) in [5.41, 5.74) is 19.8. The second-order valence-corrected chi connectivity index (χ2v) is 17.9. The lowest BCUT2D eigenvalue weighted by Crippen LogP contribution is -1.98. The van der Waals surface area contributed by atoms with Crippen LogP contribution in [0.1, 0.15) is 66.8 Å². The standard InChI is InChI=1S/C52H22/c1-3-17-7-21-11-25-29-15-31-27-13-23-9-19-5-2-6-20-10-24-14-28-32-16-30-26-12-22-8-18(4-1)33(17)47-35(21)39(25)49(40(26)36(22)47)51-43(29)45(31)52(46(32)44(30)51)50-41(27)37(23)48(34(19)20)38(24)42(28)50/h1-10H,11-16H2. The summed E-state index contributed by atoms with van der Waals surface area (Å²) in [6.07, 6.45) is 6.54. The molecule has 6 aliphatic rings. The van der Waals surface area contributed by atoms with Gasteiger partial charge in [0, 0.05) is 0 Å². The summed E-state index contributed by atoms with van der Waals surface area (Å²) >= 11 is 0.